The van der Waals surface area contributed by atoms with Gasteiger partial charge in [0.1, 0.15) is 36.4 Å². The first-order chi connectivity index (χ1) is 16.9. The van der Waals surface area contributed by atoms with E-state index in [1.54, 1.807) is 37.4 Å². The van der Waals surface area contributed by atoms with Gasteiger partial charge < -0.3 is 19.7 Å². The van der Waals surface area contributed by atoms with Crippen molar-refractivity contribution >= 4 is 28.4 Å². The highest BCUT2D eigenvalue weighted by molar-refractivity contribution is 6.04. The second-order valence-electron chi connectivity index (χ2n) is 7.83. The second kappa shape index (κ2) is 8.97. The van der Waals surface area contributed by atoms with E-state index in [1.165, 1.54) is 24.4 Å². The smallest absolute Gasteiger partial charge is 0.291 e. The third-order valence-electron chi connectivity index (χ3n) is 5.62. The number of aromatic amines is 1. The number of aromatic nitrogens is 5. The molecule has 1 atom stereocenters. The highest BCUT2D eigenvalue weighted by Gasteiger charge is 2.32. The molecule has 12 heteroatoms. The van der Waals surface area contributed by atoms with Gasteiger partial charge in [-0.05, 0) is 17.7 Å². The molecule has 1 aliphatic heterocycles. The van der Waals surface area contributed by atoms with Crippen LogP contribution in [0.2, 0.25) is 0 Å². The van der Waals surface area contributed by atoms with Crippen LogP contribution in [-0.4, -0.2) is 63.8 Å². The standard InChI is InChI=1S/C23H20FN7O4/c1-31-17-8-13-15(25-11-26-22(13)34-2)9-18(17)35-10-16(23(31)33)27-21(32)20-28-19(29-30-20)7-12-5-3-4-6-14(12)24/h3-6,8-9,11,16H,7,10H2,1-2H3,(H,27,32)(H,28,29,30)/t16-/m0/s1. The zero-order valence-electron chi connectivity index (χ0n) is 18.8. The van der Waals surface area contributed by atoms with E-state index in [0.717, 1.165) is 0 Å². The number of benzene rings is 2. The van der Waals surface area contributed by atoms with Crippen LogP contribution >= 0.6 is 0 Å². The van der Waals surface area contributed by atoms with Gasteiger partial charge in [-0.2, -0.15) is 0 Å². The van der Waals surface area contributed by atoms with Gasteiger partial charge in [0.2, 0.25) is 11.7 Å². The molecule has 5 rings (SSSR count). The number of nitrogens with one attached hydrogen (secondary N) is 2. The molecule has 0 spiro atoms. The number of methoxy groups -OCH3 is 1. The number of rotatable bonds is 5. The number of hydrogen-bond donors (Lipinski definition) is 2. The second-order valence-corrected chi connectivity index (χ2v) is 7.83. The Morgan fingerprint density at radius 3 is 2.94 bits per heavy atom. The first-order valence-electron chi connectivity index (χ1n) is 10.6. The molecule has 178 valence electrons. The molecular formula is C23H20FN7O4. The minimum absolute atomic E-state index is 0.109. The molecule has 3 heterocycles. The average Bonchev–Trinajstić information content (AvgIpc) is 3.30. The minimum Gasteiger partial charge on any atom is -0.489 e. The summed E-state index contributed by atoms with van der Waals surface area (Å²) >= 11 is 0. The molecule has 0 unspecified atom stereocenters. The van der Waals surface area contributed by atoms with E-state index < -0.39 is 17.9 Å². The number of anilines is 1. The van der Waals surface area contributed by atoms with Crippen molar-refractivity contribution in [2.24, 2.45) is 0 Å². The predicted octanol–water partition coefficient (Wildman–Crippen LogP) is 1.64. The fourth-order valence-corrected chi connectivity index (χ4v) is 3.81. The Balaban J connectivity index is 1.34. The predicted molar refractivity (Wildman–Crippen MR) is 122 cm³/mol. The highest BCUT2D eigenvalue weighted by Crippen LogP contribution is 2.36. The summed E-state index contributed by atoms with van der Waals surface area (Å²) in [5, 5.41) is 9.77. The van der Waals surface area contributed by atoms with Gasteiger partial charge in [0.05, 0.1) is 23.7 Å². The average molecular weight is 477 g/mol. The molecule has 1 aliphatic rings. The lowest BCUT2D eigenvalue weighted by Gasteiger charge is -2.20. The largest absolute Gasteiger partial charge is 0.489 e. The normalized spacial score (nSPS) is 15.3. The van der Waals surface area contributed by atoms with Crippen molar-refractivity contribution in [2.45, 2.75) is 12.5 Å². The summed E-state index contributed by atoms with van der Waals surface area (Å²) in [6.45, 7) is -0.109. The molecule has 4 aromatic rings. The third kappa shape index (κ3) is 4.21. The molecule has 35 heavy (non-hydrogen) atoms. The van der Waals surface area contributed by atoms with Crippen LogP contribution < -0.4 is 19.7 Å². The van der Waals surface area contributed by atoms with E-state index in [4.69, 9.17) is 9.47 Å². The molecule has 0 saturated heterocycles. The van der Waals surface area contributed by atoms with Crippen molar-refractivity contribution in [3.63, 3.8) is 0 Å². The molecule has 0 radical (unpaired) electrons. The zero-order valence-corrected chi connectivity index (χ0v) is 18.8. The van der Waals surface area contributed by atoms with Crippen LogP contribution in [0.5, 0.6) is 11.6 Å². The van der Waals surface area contributed by atoms with Crippen LogP contribution in [0, 0.1) is 5.82 Å². The van der Waals surface area contributed by atoms with Crippen molar-refractivity contribution < 1.29 is 23.5 Å². The number of fused-ring (bicyclic) bond motifs is 2. The fourth-order valence-electron chi connectivity index (χ4n) is 3.81. The number of halogens is 1. The molecule has 2 amide bonds. The first-order valence-corrected chi connectivity index (χ1v) is 10.6. The topological polar surface area (TPSA) is 135 Å². The van der Waals surface area contributed by atoms with E-state index >= 15 is 0 Å². The summed E-state index contributed by atoms with van der Waals surface area (Å²) in [5.74, 6) is -0.502. The summed E-state index contributed by atoms with van der Waals surface area (Å²) < 4.78 is 25.0. The minimum atomic E-state index is -0.996. The Labute approximate surface area is 198 Å². The van der Waals surface area contributed by atoms with Gasteiger partial charge in [0.25, 0.3) is 11.8 Å². The van der Waals surface area contributed by atoms with Gasteiger partial charge in [-0.1, -0.05) is 18.2 Å². The Hall–Kier alpha value is -4.61. The zero-order chi connectivity index (χ0) is 24.5. The summed E-state index contributed by atoms with van der Waals surface area (Å²) in [5.41, 5.74) is 1.48. The van der Waals surface area contributed by atoms with Gasteiger partial charge in [-0.25, -0.2) is 19.3 Å². The van der Waals surface area contributed by atoms with E-state index in [2.05, 4.69) is 30.5 Å². The lowest BCUT2D eigenvalue weighted by Crippen LogP contribution is -2.49. The summed E-state index contributed by atoms with van der Waals surface area (Å²) in [7, 11) is 3.08. The maximum atomic E-state index is 13.9. The van der Waals surface area contributed by atoms with Crippen molar-refractivity contribution in [2.75, 3.05) is 25.7 Å². The number of carbonyl (C=O) groups is 2. The fraction of sp³-hybridized carbons (Fsp3) is 0.217. The number of carbonyl (C=O) groups excluding carboxylic acids is 2. The summed E-state index contributed by atoms with van der Waals surface area (Å²) in [4.78, 5) is 39.7. The van der Waals surface area contributed by atoms with Gasteiger partial charge in [-0.15, -0.1) is 5.10 Å². The molecule has 0 aliphatic carbocycles. The molecule has 2 aromatic heterocycles. The molecule has 0 saturated carbocycles. The number of H-pyrrole nitrogens is 1. The summed E-state index contributed by atoms with van der Waals surface area (Å²) in [6, 6.07) is 8.66. The van der Waals surface area contributed by atoms with Crippen molar-refractivity contribution in [3.8, 4) is 11.6 Å². The number of hydrogen-bond acceptors (Lipinski definition) is 8. The van der Waals surface area contributed by atoms with Gasteiger partial charge in [0, 0.05) is 19.5 Å². The van der Waals surface area contributed by atoms with Crippen LogP contribution in [-0.2, 0) is 11.2 Å². The van der Waals surface area contributed by atoms with Gasteiger partial charge in [0.15, 0.2) is 0 Å². The monoisotopic (exact) mass is 477 g/mol. The van der Waals surface area contributed by atoms with E-state index in [9.17, 15) is 14.0 Å². The quantitative estimate of drug-likeness (QED) is 0.443. The van der Waals surface area contributed by atoms with E-state index in [-0.39, 0.29) is 24.7 Å². The molecule has 0 fully saturated rings. The van der Waals surface area contributed by atoms with Crippen LogP contribution in [0.4, 0.5) is 10.1 Å². The molecule has 0 bridgehead atoms. The Morgan fingerprint density at radius 1 is 1.31 bits per heavy atom. The SMILES string of the molecule is COc1ncnc2cc3c(cc12)N(C)C(=O)[C@@H](NC(=O)c1n[nH]c(Cc2ccccc2F)n1)CO3. The van der Waals surface area contributed by atoms with Crippen LogP contribution in [0.3, 0.4) is 0 Å². The number of amides is 2. The maximum absolute atomic E-state index is 13.9. The Bertz CT molecular complexity index is 1440. The lowest BCUT2D eigenvalue weighted by molar-refractivity contribution is -0.120. The van der Waals surface area contributed by atoms with Crippen molar-refractivity contribution in [1.82, 2.24) is 30.5 Å². The first kappa shape index (κ1) is 22.2. The molecule has 11 nitrogen and oxygen atoms in total. The number of likely N-dealkylation sites (N-methyl/N-ethyl adjacent to an activating group) is 1. The maximum Gasteiger partial charge on any atom is 0.291 e. The van der Waals surface area contributed by atoms with Crippen molar-refractivity contribution in [1.29, 1.82) is 0 Å². The van der Waals surface area contributed by atoms with Gasteiger partial charge >= 0.3 is 0 Å². The number of nitrogens with zero attached hydrogens (tertiary/aromatic N) is 5. The van der Waals surface area contributed by atoms with Crippen LogP contribution in [0.25, 0.3) is 10.9 Å². The molecular weight excluding hydrogens is 457 g/mol. The molecule has 2 aromatic carbocycles. The van der Waals surface area contributed by atoms with E-state index in [1.807, 2.05) is 0 Å². The highest BCUT2D eigenvalue weighted by atomic mass is 19.1. The Kier molecular flexibility index (Phi) is 5.69. The lowest BCUT2D eigenvalue weighted by atomic mass is 10.1. The van der Waals surface area contributed by atoms with Crippen molar-refractivity contribution in [3.05, 3.63) is 65.8 Å². The van der Waals surface area contributed by atoms with E-state index in [0.29, 0.717) is 39.6 Å². The Morgan fingerprint density at radius 2 is 2.14 bits per heavy atom. The third-order valence-corrected chi connectivity index (χ3v) is 5.62. The number of ether oxygens (including phenoxy) is 2. The van der Waals surface area contributed by atoms with Gasteiger partial charge in [-0.3, -0.25) is 14.7 Å². The van der Waals surface area contributed by atoms with Crippen LogP contribution in [0.15, 0.2) is 42.7 Å². The van der Waals surface area contributed by atoms with Crippen LogP contribution in [0.1, 0.15) is 22.0 Å². The summed E-state index contributed by atoms with van der Waals surface area (Å²) in [6.07, 6.45) is 1.51. The molecule has 2 N–H and O–H groups in total.